The number of rotatable bonds is 6. The van der Waals surface area contributed by atoms with E-state index in [4.69, 9.17) is 9.47 Å². The summed E-state index contributed by atoms with van der Waals surface area (Å²) in [6.07, 6.45) is 9.35. The number of nitrogens with zero attached hydrogens (tertiary/aromatic N) is 1. The van der Waals surface area contributed by atoms with Gasteiger partial charge in [-0.3, -0.25) is 14.9 Å². The molecule has 1 saturated heterocycles. The Labute approximate surface area is 236 Å². The minimum absolute atomic E-state index is 0.113. The molecule has 4 aliphatic carbocycles. The number of benzene rings is 2. The number of carbonyl (C=O) groups is 3. The Morgan fingerprint density at radius 2 is 1.66 bits per heavy atom. The van der Waals surface area contributed by atoms with Crippen LogP contribution in [0.15, 0.2) is 42.0 Å². The molecule has 0 aromatic heterocycles. The minimum Gasteiger partial charge on any atom is -0.492 e. The number of urea groups is 1. The summed E-state index contributed by atoms with van der Waals surface area (Å²) in [5.74, 6) is 2.24. The normalized spacial score (nSPS) is 29.1. The van der Waals surface area contributed by atoms with E-state index in [0.29, 0.717) is 29.4 Å². The van der Waals surface area contributed by atoms with Crippen molar-refractivity contribution >= 4 is 52.2 Å². The van der Waals surface area contributed by atoms with Gasteiger partial charge in [-0.1, -0.05) is 12.1 Å². The molecule has 4 amide bonds. The summed E-state index contributed by atoms with van der Waals surface area (Å²) in [5, 5.41) is 2.33. The van der Waals surface area contributed by atoms with E-state index >= 15 is 0 Å². The Kier molecular flexibility index (Phi) is 6.48. The highest BCUT2D eigenvalue weighted by molar-refractivity contribution is 14.1. The first-order chi connectivity index (χ1) is 18.3. The Hall–Kier alpha value is -2.88. The van der Waals surface area contributed by atoms with Gasteiger partial charge in [0, 0.05) is 0 Å². The van der Waals surface area contributed by atoms with E-state index in [-0.39, 0.29) is 11.0 Å². The van der Waals surface area contributed by atoms with Gasteiger partial charge in [-0.05, 0) is 133 Å². The molecule has 4 saturated carbocycles. The quantitative estimate of drug-likeness (QED) is 0.248. The van der Waals surface area contributed by atoms with Gasteiger partial charge in [0.1, 0.15) is 5.57 Å². The number of halogens is 1. The predicted octanol–water partition coefficient (Wildman–Crippen LogP) is 5.83. The summed E-state index contributed by atoms with van der Waals surface area (Å²) < 4.78 is 11.9. The second-order valence-corrected chi connectivity index (χ2v) is 12.3. The van der Waals surface area contributed by atoms with Gasteiger partial charge in [0.15, 0.2) is 11.5 Å². The topological polar surface area (TPSA) is 84.9 Å². The average Bonchev–Trinajstić information content (AvgIpc) is 2.86. The summed E-state index contributed by atoms with van der Waals surface area (Å²) >= 11 is 2.12. The van der Waals surface area contributed by atoms with E-state index < -0.39 is 17.8 Å². The molecule has 2 aromatic carbocycles. The van der Waals surface area contributed by atoms with Gasteiger partial charge >= 0.3 is 6.03 Å². The highest BCUT2D eigenvalue weighted by atomic mass is 127. The fourth-order valence-electron chi connectivity index (χ4n) is 7.62. The van der Waals surface area contributed by atoms with Gasteiger partial charge in [0.2, 0.25) is 0 Å². The molecule has 5 aliphatic rings. The van der Waals surface area contributed by atoms with Gasteiger partial charge in [-0.25, -0.2) is 9.69 Å². The van der Waals surface area contributed by atoms with Crippen molar-refractivity contribution in [2.24, 2.45) is 17.8 Å². The molecule has 198 valence electrons. The molecular formula is C30H31IN2O5. The van der Waals surface area contributed by atoms with E-state index in [1.165, 1.54) is 50.2 Å². The maximum Gasteiger partial charge on any atom is 0.335 e. The van der Waals surface area contributed by atoms with Crippen molar-refractivity contribution in [2.75, 3.05) is 18.6 Å². The standard InChI is InChI=1S/C30H31IN2O5/c1-3-38-25-13-17(12-24(31)26(25)37-2)11-23-27(34)32-29(36)33(28(23)35)22-6-4-21(5-7-22)30-14-18-8-19(15-30)10-20(9-18)16-30/h4-7,11-13,18-20H,3,8-10,14-16H2,1-2H3,(H,32,34,36)/b23-11+. The fourth-order valence-corrected chi connectivity index (χ4v) is 8.46. The molecule has 0 unspecified atom stereocenters. The molecule has 1 N–H and O–H groups in total. The number of ether oxygens (including phenoxy) is 2. The van der Waals surface area contributed by atoms with Crippen LogP contribution in [0.1, 0.15) is 56.6 Å². The summed E-state index contributed by atoms with van der Waals surface area (Å²) in [6.45, 7) is 2.31. The van der Waals surface area contributed by atoms with Gasteiger partial charge < -0.3 is 9.47 Å². The van der Waals surface area contributed by atoms with Crippen molar-refractivity contribution in [3.8, 4) is 11.5 Å². The van der Waals surface area contributed by atoms with Gasteiger partial charge in [-0.15, -0.1) is 0 Å². The smallest absolute Gasteiger partial charge is 0.335 e. The number of carbonyl (C=O) groups excluding carboxylic acids is 3. The van der Waals surface area contributed by atoms with Crippen LogP contribution in [-0.2, 0) is 15.0 Å². The number of imide groups is 2. The third-order valence-corrected chi connectivity index (χ3v) is 9.53. The molecule has 0 radical (unpaired) electrons. The molecular weight excluding hydrogens is 595 g/mol. The van der Waals surface area contributed by atoms with Crippen molar-refractivity contribution < 1.29 is 23.9 Å². The molecule has 4 bridgehead atoms. The fraction of sp³-hybridized carbons (Fsp3) is 0.433. The lowest BCUT2D eigenvalue weighted by Crippen LogP contribution is -2.54. The monoisotopic (exact) mass is 626 g/mol. The van der Waals surface area contributed by atoms with Crippen molar-refractivity contribution in [3.63, 3.8) is 0 Å². The highest BCUT2D eigenvalue weighted by Crippen LogP contribution is 2.60. The molecule has 38 heavy (non-hydrogen) atoms. The van der Waals surface area contributed by atoms with Gasteiger partial charge in [-0.2, -0.15) is 0 Å². The number of hydrogen-bond acceptors (Lipinski definition) is 5. The Morgan fingerprint density at radius 1 is 1.03 bits per heavy atom. The Morgan fingerprint density at radius 3 is 2.24 bits per heavy atom. The molecule has 7 rings (SSSR count). The molecule has 0 atom stereocenters. The van der Waals surface area contributed by atoms with Crippen LogP contribution < -0.4 is 19.7 Å². The van der Waals surface area contributed by atoms with E-state index in [0.717, 1.165) is 26.2 Å². The third-order valence-electron chi connectivity index (χ3n) is 8.72. The van der Waals surface area contributed by atoms with E-state index in [9.17, 15) is 14.4 Å². The van der Waals surface area contributed by atoms with Crippen LogP contribution in [-0.4, -0.2) is 31.6 Å². The minimum atomic E-state index is -0.737. The SMILES string of the molecule is CCOc1cc(/C=C2\C(=O)NC(=O)N(c3ccc(C45CC6CC(CC(C6)C4)C5)cc3)C2=O)cc(I)c1OC. The van der Waals surface area contributed by atoms with E-state index in [1.54, 1.807) is 19.2 Å². The first-order valence-corrected chi connectivity index (χ1v) is 14.4. The van der Waals surface area contributed by atoms with Crippen LogP contribution in [0, 0.1) is 21.3 Å². The molecule has 8 heteroatoms. The molecule has 0 spiro atoms. The first-order valence-electron chi connectivity index (χ1n) is 13.3. The summed E-state index contributed by atoms with van der Waals surface area (Å²) in [5.41, 5.74) is 2.49. The van der Waals surface area contributed by atoms with Crippen molar-refractivity contribution in [2.45, 2.75) is 50.9 Å². The lowest BCUT2D eigenvalue weighted by atomic mass is 9.48. The maximum atomic E-state index is 13.5. The summed E-state index contributed by atoms with van der Waals surface area (Å²) in [4.78, 5) is 40.1. The van der Waals surface area contributed by atoms with Crippen LogP contribution in [0.2, 0.25) is 0 Å². The van der Waals surface area contributed by atoms with Crippen LogP contribution in [0.5, 0.6) is 11.5 Å². The summed E-state index contributed by atoms with van der Waals surface area (Å²) in [7, 11) is 1.56. The molecule has 1 aliphatic heterocycles. The zero-order valence-electron chi connectivity index (χ0n) is 21.6. The maximum absolute atomic E-state index is 13.5. The Bertz CT molecular complexity index is 1310. The molecule has 1 heterocycles. The van der Waals surface area contributed by atoms with Crippen LogP contribution in [0.4, 0.5) is 10.5 Å². The van der Waals surface area contributed by atoms with Crippen LogP contribution in [0.25, 0.3) is 6.08 Å². The molecule has 5 fully saturated rings. The number of hydrogen-bond donors (Lipinski definition) is 1. The van der Waals surface area contributed by atoms with Crippen molar-refractivity contribution in [3.05, 3.63) is 56.7 Å². The van der Waals surface area contributed by atoms with Crippen molar-refractivity contribution in [1.29, 1.82) is 0 Å². The van der Waals surface area contributed by atoms with Gasteiger partial charge in [0.25, 0.3) is 11.8 Å². The zero-order valence-corrected chi connectivity index (χ0v) is 23.7. The lowest BCUT2D eigenvalue weighted by Gasteiger charge is -2.57. The second-order valence-electron chi connectivity index (χ2n) is 11.2. The van der Waals surface area contributed by atoms with Crippen molar-refractivity contribution in [1.82, 2.24) is 5.32 Å². The van der Waals surface area contributed by atoms with Gasteiger partial charge in [0.05, 0.1) is 23.0 Å². The largest absolute Gasteiger partial charge is 0.492 e. The number of nitrogens with one attached hydrogen (secondary N) is 1. The number of amides is 4. The Balaban J connectivity index is 1.29. The molecule has 7 nitrogen and oxygen atoms in total. The zero-order chi connectivity index (χ0) is 26.6. The number of barbiturate groups is 1. The summed E-state index contributed by atoms with van der Waals surface area (Å²) in [6, 6.07) is 10.7. The number of methoxy groups -OCH3 is 1. The second kappa shape index (κ2) is 9.70. The molecule has 2 aromatic rings. The van der Waals surface area contributed by atoms with E-state index in [1.807, 2.05) is 19.1 Å². The number of anilines is 1. The third kappa shape index (κ3) is 4.30. The van der Waals surface area contributed by atoms with Crippen LogP contribution >= 0.6 is 22.6 Å². The van der Waals surface area contributed by atoms with Crippen LogP contribution in [0.3, 0.4) is 0 Å². The average molecular weight is 626 g/mol. The lowest BCUT2D eigenvalue weighted by molar-refractivity contribution is -0.122. The predicted molar refractivity (Wildman–Crippen MR) is 152 cm³/mol. The first kappa shape index (κ1) is 25.4. The van der Waals surface area contributed by atoms with E-state index in [2.05, 4.69) is 40.0 Å². The highest BCUT2D eigenvalue weighted by Gasteiger charge is 2.51.